The number of Topliss-reactive ketones (excluding diaryl/α,β-unsaturated/α-hetero) is 1. The maximum Gasteiger partial charge on any atom is 0.290 e. The molecular formula is C28H27NO6. The Morgan fingerprint density at radius 3 is 2.54 bits per heavy atom. The van der Waals surface area contributed by atoms with Crippen molar-refractivity contribution in [3.63, 3.8) is 0 Å². The molecule has 1 aliphatic heterocycles. The lowest BCUT2D eigenvalue weighted by Gasteiger charge is -2.27. The molecular weight excluding hydrogens is 446 g/mol. The fourth-order valence-corrected chi connectivity index (χ4v) is 4.10. The van der Waals surface area contributed by atoms with Gasteiger partial charge >= 0.3 is 0 Å². The molecule has 0 radical (unpaired) electrons. The second-order valence-electron chi connectivity index (χ2n) is 8.06. The van der Waals surface area contributed by atoms with Crippen molar-refractivity contribution >= 4 is 11.7 Å². The first-order valence-electron chi connectivity index (χ1n) is 11.3. The Bertz CT molecular complexity index is 1270. The zero-order chi connectivity index (χ0) is 24.9. The van der Waals surface area contributed by atoms with Gasteiger partial charge in [0.25, 0.3) is 5.91 Å². The minimum atomic E-state index is -0.853. The van der Waals surface area contributed by atoms with Crippen LogP contribution in [0.25, 0.3) is 0 Å². The Morgan fingerprint density at radius 1 is 1.11 bits per heavy atom. The third-order valence-electron chi connectivity index (χ3n) is 5.65. The van der Waals surface area contributed by atoms with Gasteiger partial charge in [0.15, 0.2) is 23.0 Å². The summed E-state index contributed by atoms with van der Waals surface area (Å²) in [7, 11) is 0. The number of rotatable bonds is 10. The molecule has 7 nitrogen and oxygen atoms in total. The third-order valence-corrected chi connectivity index (χ3v) is 5.65. The van der Waals surface area contributed by atoms with Gasteiger partial charge in [0.2, 0.25) is 5.78 Å². The van der Waals surface area contributed by atoms with Crippen LogP contribution in [-0.2, 0) is 11.3 Å². The van der Waals surface area contributed by atoms with E-state index in [1.807, 2.05) is 37.3 Å². The van der Waals surface area contributed by atoms with Gasteiger partial charge in [0.1, 0.15) is 12.4 Å². The molecule has 0 aliphatic carbocycles. The van der Waals surface area contributed by atoms with Crippen LogP contribution in [-0.4, -0.2) is 34.9 Å². The van der Waals surface area contributed by atoms with Gasteiger partial charge in [-0.2, -0.15) is 0 Å². The smallest absolute Gasteiger partial charge is 0.290 e. The van der Waals surface area contributed by atoms with Crippen LogP contribution in [0.4, 0.5) is 0 Å². The Labute approximate surface area is 203 Å². The van der Waals surface area contributed by atoms with Crippen molar-refractivity contribution in [2.45, 2.75) is 26.4 Å². The summed E-state index contributed by atoms with van der Waals surface area (Å²) in [5.74, 6) is -0.180. The molecule has 4 rings (SSSR count). The van der Waals surface area contributed by atoms with E-state index < -0.39 is 23.5 Å². The summed E-state index contributed by atoms with van der Waals surface area (Å²) in [4.78, 5) is 28.2. The zero-order valence-corrected chi connectivity index (χ0v) is 19.7. The minimum absolute atomic E-state index is 0.0394. The molecule has 1 N–H and O–H groups in total. The number of carbonyl (C=O) groups is 2. The highest BCUT2D eigenvalue weighted by molar-refractivity contribution is 6.15. The van der Waals surface area contributed by atoms with Crippen molar-refractivity contribution in [3.8, 4) is 11.5 Å². The fraction of sp³-hybridized carbons (Fsp3) is 0.214. The quantitative estimate of drug-likeness (QED) is 0.316. The number of aryl methyl sites for hydroxylation is 1. The maximum atomic E-state index is 13.5. The summed E-state index contributed by atoms with van der Waals surface area (Å²) in [6, 6.07) is 17.0. The van der Waals surface area contributed by atoms with E-state index in [-0.39, 0.29) is 17.9 Å². The topological polar surface area (TPSA) is 89.2 Å². The highest BCUT2D eigenvalue weighted by Gasteiger charge is 2.44. The molecule has 0 saturated carbocycles. The molecule has 1 amide bonds. The van der Waals surface area contributed by atoms with Gasteiger partial charge in [-0.25, -0.2) is 0 Å². The van der Waals surface area contributed by atoms with Gasteiger partial charge in [0, 0.05) is 6.54 Å². The molecule has 0 bridgehead atoms. The van der Waals surface area contributed by atoms with E-state index in [2.05, 4.69) is 6.58 Å². The zero-order valence-electron chi connectivity index (χ0n) is 19.7. The molecule has 1 atom stereocenters. The molecule has 1 aliphatic rings. The molecule has 2 heterocycles. The molecule has 1 aromatic heterocycles. The van der Waals surface area contributed by atoms with E-state index >= 15 is 0 Å². The maximum absolute atomic E-state index is 13.5. The molecule has 180 valence electrons. The summed E-state index contributed by atoms with van der Waals surface area (Å²) in [6.45, 7) is 8.13. The van der Waals surface area contributed by atoms with Gasteiger partial charge in [-0.15, -0.1) is 0 Å². The number of ether oxygens (including phenoxy) is 2. The van der Waals surface area contributed by atoms with E-state index in [0.717, 1.165) is 5.56 Å². The predicted octanol–water partition coefficient (Wildman–Crippen LogP) is 5.33. The fourth-order valence-electron chi connectivity index (χ4n) is 4.10. The van der Waals surface area contributed by atoms with Crippen LogP contribution in [0, 0.1) is 6.92 Å². The van der Waals surface area contributed by atoms with Gasteiger partial charge < -0.3 is 23.9 Å². The number of hydrogen-bond donors (Lipinski definition) is 1. The number of aliphatic hydroxyl groups excluding tert-OH is 1. The highest BCUT2D eigenvalue weighted by Crippen LogP contribution is 2.42. The molecule has 2 aromatic carbocycles. The van der Waals surface area contributed by atoms with Crippen molar-refractivity contribution in [1.29, 1.82) is 0 Å². The van der Waals surface area contributed by atoms with E-state index in [4.69, 9.17) is 13.9 Å². The average Bonchev–Trinajstić information content (AvgIpc) is 3.40. The summed E-state index contributed by atoms with van der Waals surface area (Å²) in [6.07, 6.45) is 1.63. The SMILES string of the molecule is C=CCOc1ccc(C2C(C(=O)c3ccc(C)o3)=C(O)C(=O)N2Cc2ccccc2)cc1OCC. The normalized spacial score (nSPS) is 15.4. The monoisotopic (exact) mass is 473 g/mol. The van der Waals surface area contributed by atoms with Crippen LogP contribution >= 0.6 is 0 Å². The Hall–Kier alpha value is -4.26. The van der Waals surface area contributed by atoms with Gasteiger partial charge in [-0.05, 0) is 49.2 Å². The molecule has 0 fully saturated rings. The number of carbonyl (C=O) groups excluding carboxylic acids is 2. The molecule has 0 spiro atoms. The molecule has 3 aromatic rings. The largest absolute Gasteiger partial charge is 0.503 e. The molecule has 1 unspecified atom stereocenters. The Morgan fingerprint density at radius 2 is 1.89 bits per heavy atom. The van der Waals surface area contributed by atoms with Crippen LogP contribution < -0.4 is 9.47 Å². The number of amides is 1. The van der Waals surface area contributed by atoms with Gasteiger partial charge in [0.05, 0.1) is 18.2 Å². The lowest BCUT2D eigenvalue weighted by molar-refractivity contribution is -0.130. The van der Waals surface area contributed by atoms with E-state index in [0.29, 0.717) is 36.0 Å². The highest BCUT2D eigenvalue weighted by atomic mass is 16.5. The van der Waals surface area contributed by atoms with Crippen LogP contribution in [0.2, 0.25) is 0 Å². The summed E-state index contributed by atoms with van der Waals surface area (Å²) in [5, 5.41) is 10.9. The van der Waals surface area contributed by atoms with Gasteiger partial charge in [-0.3, -0.25) is 9.59 Å². The van der Waals surface area contributed by atoms with Crippen LogP contribution in [0.3, 0.4) is 0 Å². The van der Waals surface area contributed by atoms with Crippen molar-refractivity contribution in [3.05, 3.63) is 107 Å². The second kappa shape index (κ2) is 10.3. The molecule has 0 saturated heterocycles. The number of furan rings is 1. The predicted molar refractivity (Wildman–Crippen MR) is 130 cm³/mol. The average molecular weight is 474 g/mol. The van der Waals surface area contributed by atoms with Crippen LogP contribution in [0.5, 0.6) is 11.5 Å². The first-order chi connectivity index (χ1) is 16.9. The van der Waals surface area contributed by atoms with Crippen molar-refractivity contribution in [2.24, 2.45) is 0 Å². The van der Waals surface area contributed by atoms with Crippen LogP contribution in [0.15, 0.2) is 89.1 Å². The van der Waals surface area contributed by atoms with Crippen LogP contribution in [0.1, 0.15) is 40.4 Å². The Balaban J connectivity index is 1.81. The second-order valence-corrected chi connectivity index (χ2v) is 8.06. The van der Waals surface area contributed by atoms with Crippen molar-refractivity contribution in [1.82, 2.24) is 4.90 Å². The minimum Gasteiger partial charge on any atom is -0.503 e. The first-order valence-corrected chi connectivity index (χ1v) is 11.3. The standard InChI is InChI=1S/C28H27NO6/c1-4-15-34-21-14-12-20(16-23(21)33-5-2)25-24(26(30)22-13-11-18(3)35-22)27(31)28(32)29(25)17-19-9-7-6-8-10-19/h4,6-14,16,25,31H,1,5,15,17H2,2-3H3. The number of benzene rings is 2. The number of aliphatic hydroxyl groups is 1. The third kappa shape index (κ3) is 4.84. The lowest BCUT2D eigenvalue weighted by Crippen LogP contribution is -2.30. The van der Waals surface area contributed by atoms with Crippen molar-refractivity contribution < 1.29 is 28.6 Å². The van der Waals surface area contributed by atoms with Crippen molar-refractivity contribution in [2.75, 3.05) is 13.2 Å². The molecule has 35 heavy (non-hydrogen) atoms. The van der Waals surface area contributed by atoms with E-state index in [1.165, 1.54) is 11.0 Å². The lowest BCUT2D eigenvalue weighted by atomic mass is 9.94. The van der Waals surface area contributed by atoms with Gasteiger partial charge in [-0.1, -0.05) is 49.1 Å². The number of ketones is 1. The van der Waals surface area contributed by atoms with E-state index in [9.17, 15) is 14.7 Å². The summed E-state index contributed by atoms with van der Waals surface area (Å²) in [5.41, 5.74) is 1.42. The van der Waals surface area contributed by atoms with E-state index in [1.54, 1.807) is 37.3 Å². The first kappa shape index (κ1) is 23.9. The summed E-state index contributed by atoms with van der Waals surface area (Å²) >= 11 is 0. The Kier molecular flexibility index (Phi) is 7.06. The molecule has 7 heteroatoms. The summed E-state index contributed by atoms with van der Waals surface area (Å²) < 4.78 is 17.0. The number of nitrogens with zero attached hydrogens (tertiary/aromatic N) is 1. The number of hydrogen-bond acceptors (Lipinski definition) is 6.